The number of hydrogen-bond donors (Lipinski definition) is 2. The largest absolute Gasteiger partial charge is 0.333 e. The summed E-state index contributed by atoms with van der Waals surface area (Å²) in [5, 5.41) is 5.73. The number of amides is 3. The van der Waals surface area contributed by atoms with E-state index in [0.29, 0.717) is 13.0 Å². The average molecular weight is 351 g/mol. The van der Waals surface area contributed by atoms with Gasteiger partial charge >= 0.3 is 6.03 Å². The zero-order chi connectivity index (χ0) is 18.7. The van der Waals surface area contributed by atoms with Gasteiger partial charge in [0.25, 0.3) is 0 Å². The lowest BCUT2D eigenvalue weighted by Gasteiger charge is -2.18. The molecule has 0 aliphatic carbocycles. The number of aryl methyl sites for hydroxylation is 3. The normalized spacial score (nSPS) is 16.7. The molecule has 136 valence electrons. The zero-order valence-electron chi connectivity index (χ0n) is 15.5. The van der Waals surface area contributed by atoms with Crippen molar-refractivity contribution in [1.29, 1.82) is 0 Å². The molecule has 0 saturated carbocycles. The standard InChI is InChI=1S/C21H25N3O2/c1-4-16-6-8-17(9-7-16)22-21(26)23-18-12-20(25)24(13-18)19-10-5-14(2)15(3)11-19/h5-11,18H,4,12-13H2,1-3H3,(H2,22,23,26)/t18-/m1/s1. The molecule has 1 heterocycles. The molecule has 2 aromatic carbocycles. The third-order valence-corrected chi connectivity index (χ3v) is 4.88. The van der Waals surface area contributed by atoms with E-state index in [9.17, 15) is 9.59 Å². The Morgan fingerprint density at radius 1 is 1.12 bits per heavy atom. The lowest BCUT2D eigenvalue weighted by atomic mass is 10.1. The molecule has 0 bridgehead atoms. The molecule has 0 unspecified atom stereocenters. The van der Waals surface area contributed by atoms with Gasteiger partial charge in [-0.15, -0.1) is 0 Å². The summed E-state index contributed by atoms with van der Waals surface area (Å²) in [5.41, 5.74) is 5.21. The highest BCUT2D eigenvalue weighted by Gasteiger charge is 2.31. The minimum atomic E-state index is -0.283. The second-order valence-corrected chi connectivity index (χ2v) is 6.82. The third-order valence-electron chi connectivity index (χ3n) is 4.88. The molecule has 2 N–H and O–H groups in total. The molecule has 1 fully saturated rings. The molecular formula is C21H25N3O2. The molecule has 1 saturated heterocycles. The maximum Gasteiger partial charge on any atom is 0.319 e. The quantitative estimate of drug-likeness (QED) is 0.880. The van der Waals surface area contributed by atoms with Crippen LogP contribution >= 0.6 is 0 Å². The van der Waals surface area contributed by atoms with Crippen LogP contribution in [0.4, 0.5) is 16.2 Å². The van der Waals surface area contributed by atoms with Crippen molar-refractivity contribution in [1.82, 2.24) is 5.32 Å². The Bertz CT molecular complexity index is 815. The topological polar surface area (TPSA) is 61.4 Å². The summed E-state index contributed by atoms with van der Waals surface area (Å²) in [4.78, 5) is 26.3. The molecular weight excluding hydrogens is 326 g/mol. The number of carbonyl (C=O) groups is 2. The van der Waals surface area contributed by atoms with E-state index >= 15 is 0 Å². The Hall–Kier alpha value is -2.82. The van der Waals surface area contributed by atoms with E-state index in [2.05, 4.69) is 17.6 Å². The summed E-state index contributed by atoms with van der Waals surface area (Å²) in [5.74, 6) is 0.0332. The third kappa shape index (κ3) is 4.04. The van der Waals surface area contributed by atoms with E-state index in [1.54, 1.807) is 4.90 Å². The highest BCUT2D eigenvalue weighted by Crippen LogP contribution is 2.24. The van der Waals surface area contributed by atoms with Crippen LogP contribution in [0, 0.1) is 13.8 Å². The molecule has 1 aliphatic rings. The molecule has 0 spiro atoms. The fraction of sp³-hybridized carbons (Fsp3) is 0.333. The zero-order valence-corrected chi connectivity index (χ0v) is 15.5. The molecule has 2 aromatic rings. The van der Waals surface area contributed by atoms with Gasteiger partial charge < -0.3 is 15.5 Å². The summed E-state index contributed by atoms with van der Waals surface area (Å²) in [6.07, 6.45) is 1.28. The number of nitrogens with zero attached hydrogens (tertiary/aromatic N) is 1. The van der Waals surface area contributed by atoms with E-state index < -0.39 is 0 Å². The van der Waals surface area contributed by atoms with Crippen molar-refractivity contribution in [3.63, 3.8) is 0 Å². The van der Waals surface area contributed by atoms with Crippen molar-refractivity contribution in [2.24, 2.45) is 0 Å². The first-order chi connectivity index (χ1) is 12.5. The van der Waals surface area contributed by atoms with Gasteiger partial charge in [0, 0.05) is 24.3 Å². The molecule has 1 atom stereocenters. The van der Waals surface area contributed by atoms with Crippen molar-refractivity contribution in [2.45, 2.75) is 39.7 Å². The molecule has 3 rings (SSSR count). The number of urea groups is 1. The highest BCUT2D eigenvalue weighted by molar-refractivity contribution is 5.97. The van der Waals surface area contributed by atoms with Gasteiger partial charge in [-0.2, -0.15) is 0 Å². The fourth-order valence-corrected chi connectivity index (χ4v) is 3.12. The molecule has 26 heavy (non-hydrogen) atoms. The van der Waals surface area contributed by atoms with Crippen molar-refractivity contribution in [3.8, 4) is 0 Å². The van der Waals surface area contributed by atoms with Crippen LogP contribution in [0.15, 0.2) is 42.5 Å². The first-order valence-corrected chi connectivity index (χ1v) is 9.00. The maximum atomic E-state index is 12.3. The number of carbonyl (C=O) groups excluding carboxylic acids is 2. The first kappa shape index (κ1) is 18.0. The summed E-state index contributed by atoms with van der Waals surface area (Å²) < 4.78 is 0. The van der Waals surface area contributed by atoms with Crippen LogP contribution in [-0.2, 0) is 11.2 Å². The summed E-state index contributed by atoms with van der Waals surface area (Å²) in [6.45, 7) is 6.66. The molecule has 3 amide bonds. The van der Waals surface area contributed by atoms with E-state index in [4.69, 9.17) is 0 Å². The minimum absolute atomic E-state index is 0.0332. The van der Waals surface area contributed by atoms with Gasteiger partial charge in [-0.3, -0.25) is 4.79 Å². The van der Waals surface area contributed by atoms with Crippen LogP contribution in [0.1, 0.15) is 30.0 Å². The monoisotopic (exact) mass is 351 g/mol. The molecule has 0 aromatic heterocycles. The van der Waals surface area contributed by atoms with Crippen LogP contribution < -0.4 is 15.5 Å². The number of rotatable bonds is 4. The Morgan fingerprint density at radius 2 is 1.85 bits per heavy atom. The molecule has 1 aliphatic heterocycles. The predicted molar refractivity (Wildman–Crippen MR) is 105 cm³/mol. The van der Waals surface area contributed by atoms with Gasteiger partial charge in [0.05, 0.1) is 6.04 Å². The van der Waals surface area contributed by atoms with Gasteiger partial charge in [-0.25, -0.2) is 4.79 Å². The highest BCUT2D eigenvalue weighted by atomic mass is 16.2. The Morgan fingerprint density at radius 3 is 2.50 bits per heavy atom. The number of hydrogen-bond acceptors (Lipinski definition) is 2. The van der Waals surface area contributed by atoms with Crippen LogP contribution in [0.2, 0.25) is 0 Å². The second kappa shape index (κ2) is 7.60. The van der Waals surface area contributed by atoms with Gasteiger partial charge in [-0.1, -0.05) is 25.1 Å². The Labute approximate surface area is 154 Å². The number of nitrogens with one attached hydrogen (secondary N) is 2. The summed E-state index contributed by atoms with van der Waals surface area (Å²) in [6, 6.07) is 13.3. The van der Waals surface area contributed by atoms with Crippen molar-refractivity contribution in [2.75, 3.05) is 16.8 Å². The van der Waals surface area contributed by atoms with Crippen LogP contribution in [-0.4, -0.2) is 24.5 Å². The second-order valence-electron chi connectivity index (χ2n) is 6.82. The van der Waals surface area contributed by atoms with E-state index in [1.165, 1.54) is 11.1 Å². The summed E-state index contributed by atoms with van der Waals surface area (Å²) in [7, 11) is 0. The lowest BCUT2D eigenvalue weighted by Crippen LogP contribution is -2.39. The van der Waals surface area contributed by atoms with Gasteiger partial charge in [0.1, 0.15) is 0 Å². The van der Waals surface area contributed by atoms with Crippen molar-refractivity contribution in [3.05, 3.63) is 59.2 Å². The van der Waals surface area contributed by atoms with E-state index in [1.807, 2.05) is 56.3 Å². The number of benzene rings is 2. The van der Waals surface area contributed by atoms with Gasteiger partial charge in [0.15, 0.2) is 0 Å². The van der Waals surface area contributed by atoms with Crippen molar-refractivity contribution < 1.29 is 9.59 Å². The van der Waals surface area contributed by atoms with Crippen LogP contribution in [0.25, 0.3) is 0 Å². The number of anilines is 2. The maximum absolute atomic E-state index is 12.3. The average Bonchev–Trinajstić information content (AvgIpc) is 2.98. The van der Waals surface area contributed by atoms with E-state index in [-0.39, 0.29) is 18.0 Å². The van der Waals surface area contributed by atoms with Crippen molar-refractivity contribution >= 4 is 23.3 Å². The molecule has 5 nitrogen and oxygen atoms in total. The summed E-state index contributed by atoms with van der Waals surface area (Å²) >= 11 is 0. The Balaban J connectivity index is 1.59. The van der Waals surface area contributed by atoms with Gasteiger partial charge in [-0.05, 0) is 61.2 Å². The predicted octanol–water partition coefficient (Wildman–Crippen LogP) is 3.79. The molecule has 0 radical (unpaired) electrons. The minimum Gasteiger partial charge on any atom is -0.333 e. The lowest BCUT2D eigenvalue weighted by molar-refractivity contribution is -0.117. The van der Waals surface area contributed by atoms with Crippen LogP contribution in [0.3, 0.4) is 0 Å². The SMILES string of the molecule is CCc1ccc(NC(=O)N[C@@H]2CC(=O)N(c3ccc(C)c(C)c3)C2)cc1. The smallest absolute Gasteiger partial charge is 0.319 e. The Kier molecular flexibility index (Phi) is 5.26. The van der Waals surface area contributed by atoms with E-state index in [0.717, 1.165) is 23.4 Å². The fourth-order valence-electron chi connectivity index (χ4n) is 3.12. The first-order valence-electron chi connectivity index (χ1n) is 9.00. The molecule has 5 heteroatoms. The van der Waals surface area contributed by atoms with Gasteiger partial charge in [0.2, 0.25) is 5.91 Å². The van der Waals surface area contributed by atoms with Crippen LogP contribution in [0.5, 0.6) is 0 Å².